The van der Waals surface area contributed by atoms with Gasteiger partial charge in [0.1, 0.15) is 0 Å². The maximum absolute atomic E-state index is 12.1. The van der Waals surface area contributed by atoms with Crippen LogP contribution in [-0.2, 0) is 4.79 Å². The Morgan fingerprint density at radius 2 is 2.11 bits per heavy atom. The van der Waals surface area contributed by atoms with Gasteiger partial charge >= 0.3 is 0 Å². The molecule has 104 valence electrons. The Morgan fingerprint density at radius 3 is 2.79 bits per heavy atom. The zero-order valence-corrected chi connectivity index (χ0v) is 12.3. The number of carbonyl (C=O) groups excluding carboxylic acids is 1. The highest BCUT2D eigenvalue weighted by Crippen LogP contribution is 2.24. The summed E-state index contributed by atoms with van der Waals surface area (Å²) in [5, 5.41) is 3.66. The van der Waals surface area contributed by atoms with Crippen LogP contribution in [0.2, 0.25) is 5.02 Å². The highest BCUT2D eigenvalue weighted by molar-refractivity contribution is 6.31. The Kier molecular flexibility index (Phi) is 4.83. The summed E-state index contributed by atoms with van der Waals surface area (Å²) in [4.78, 5) is 14.4. The van der Waals surface area contributed by atoms with E-state index >= 15 is 0 Å². The quantitative estimate of drug-likeness (QED) is 0.921. The van der Waals surface area contributed by atoms with Crippen LogP contribution in [0.4, 0.5) is 5.69 Å². The number of hydrogen-bond donors (Lipinski definition) is 1. The van der Waals surface area contributed by atoms with Crippen molar-refractivity contribution in [3.63, 3.8) is 0 Å². The molecule has 1 N–H and O–H groups in total. The maximum atomic E-state index is 12.1. The average molecular weight is 281 g/mol. The minimum absolute atomic E-state index is 0.0971. The van der Waals surface area contributed by atoms with Crippen molar-refractivity contribution in [2.24, 2.45) is 5.92 Å². The number of rotatable bonds is 3. The molecule has 1 saturated heterocycles. The van der Waals surface area contributed by atoms with Crippen LogP contribution in [0.3, 0.4) is 0 Å². The highest BCUT2D eigenvalue weighted by Gasteiger charge is 2.19. The zero-order chi connectivity index (χ0) is 13.8. The second kappa shape index (κ2) is 6.40. The van der Waals surface area contributed by atoms with Crippen molar-refractivity contribution in [3.05, 3.63) is 28.8 Å². The van der Waals surface area contributed by atoms with Gasteiger partial charge < -0.3 is 10.2 Å². The standard InChI is InChI=1S/C15H21ClN2O/c1-11-13(16)4-3-5-14(11)17-15(19)10-12-6-8-18(2)9-7-12/h3-5,12H,6-10H2,1-2H3,(H,17,19). The molecular formula is C15H21ClN2O. The number of nitrogens with zero attached hydrogens (tertiary/aromatic N) is 1. The molecule has 0 atom stereocenters. The molecule has 0 bridgehead atoms. The second-order valence-electron chi connectivity index (χ2n) is 5.41. The van der Waals surface area contributed by atoms with Crippen LogP contribution in [0.15, 0.2) is 18.2 Å². The van der Waals surface area contributed by atoms with Gasteiger partial charge in [-0.2, -0.15) is 0 Å². The molecule has 1 aliphatic heterocycles. The predicted octanol–water partition coefficient (Wildman–Crippen LogP) is 3.32. The van der Waals surface area contributed by atoms with Crippen LogP contribution >= 0.6 is 11.6 Å². The fourth-order valence-corrected chi connectivity index (χ4v) is 2.65. The van der Waals surface area contributed by atoms with Crippen LogP contribution in [0, 0.1) is 12.8 Å². The Morgan fingerprint density at radius 1 is 1.42 bits per heavy atom. The maximum Gasteiger partial charge on any atom is 0.224 e. The van der Waals surface area contributed by atoms with E-state index < -0.39 is 0 Å². The minimum Gasteiger partial charge on any atom is -0.326 e. The summed E-state index contributed by atoms with van der Waals surface area (Å²) in [6.07, 6.45) is 2.83. The molecular weight excluding hydrogens is 260 g/mol. The van der Waals surface area contributed by atoms with Crippen molar-refractivity contribution < 1.29 is 4.79 Å². The third kappa shape index (κ3) is 3.95. The van der Waals surface area contributed by atoms with E-state index in [1.54, 1.807) is 0 Å². The molecule has 3 nitrogen and oxygen atoms in total. The Balaban J connectivity index is 1.89. The number of hydrogen-bond acceptors (Lipinski definition) is 2. The number of halogens is 1. The first-order valence-electron chi connectivity index (χ1n) is 6.80. The van der Waals surface area contributed by atoms with Gasteiger partial charge in [-0.25, -0.2) is 0 Å². The van der Waals surface area contributed by atoms with Crippen LogP contribution in [-0.4, -0.2) is 30.9 Å². The molecule has 0 spiro atoms. The van der Waals surface area contributed by atoms with Gasteiger partial charge in [0.15, 0.2) is 0 Å². The number of benzene rings is 1. The summed E-state index contributed by atoms with van der Waals surface area (Å²) >= 11 is 6.05. The van der Waals surface area contributed by atoms with E-state index in [0.29, 0.717) is 17.4 Å². The Bertz CT molecular complexity index is 453. The number of nitrogens with one attached hydrogen (secondary N) is 1. The van der Waals surface area contributed by atoms with Gasteiger partial charge in [-0.15, -0.1) is 0 Å². The third-order valence-electron chi connectivity index (χ3n) is 3.85. The molecule has 0 aliphatic carbocycles. The predicted molar refractivity (Wildman–Crippen MR) is 79.7 cm³/mol. The van der Waals surface area contributed by atoms with Crippen LogP contribution in [0.5, 0.6) is 0 Å². The Hall–Kier alpha value is -1.06. The summed E-state index contributed by atoms with van der Waals surface area (Å²) in [7, 11) is 2.13. The lowest BCUT2D eigenvalue weighted by atomic mass is 9.93. The van der Waals surface area contributed by atoms with Crippen molar-refractivity contribution in [2.45, 2.75) is 26.2 Å². The highest BCUT2D eigenvalue weighted by atomic mass is 35.5. The molecule has 1 aliphatic rings. The first kappa shape index (κ1) is 14.4. The van der Waals surface area contributed by atoms with Gasteiger partial charge in [0.2, 0.25) is 5.91 Å². The van der Waals surface area contributed by atoms with Gasteiger partial charge in [0.05, 0.1) is 0 Å². The van der Waals surface area contributed by atoms with Gasteiger partial charge in [-0.1, -0.05) is 17.7 Å². The van der Waals surface area contributed by atoms with E-state index in [0.717, 1.165) is 37.2 Å². The molecule has 2 rings (SSSR count). The van der Waals surface area contributed by atoms with Gasteiger partial charge in [0, 0.05) is 17.1 Å². The third-order valence-corrected chi connectivity index (χ3v) is 4.26. The van der Waals surface area contributed by atoms with E-state index in [2.05, 4.69) is 17.3 Å². The van der Waals surface area contributed by atoms with Crippen molar-refractivity contribution in [1.29, 1.82) is 0 Å². The lowest BCUT2D eigenvalue weighted by Gasteiger charge is -2.28. The average Bonchev–Trinajstić information content (AvgIpc) is 2.38. The van der Waals surface area contributed by atoms with E-state index in [1.807, 2.05) is 25.1 Å². The van der Waals surface area contributed by atoms with E-state index in [1.165, 1.54) is 0 Å². The summed E-state index contributed by atoms with van der Waals surface area (Å²) in [5.41, 5.74) is 1.76. The van der Waals surface area contributed by atoms with Gasteiger partial charge in [0.25, 0.3) is 0 Å². The molecule has 0 aromatic heterocycles. The van der Waals surface area contributed by atoms with Crippen molar-refractivity contribution in [1.82, 2.24) is 4.90 Å². The number of carbonyl (C=O) groups is 1. The fourth-order valence-electron chi connectivity index (χ4n) is 2.47. The van der Waals surface area contributed by atoms with E-state index in [-0.39, 0.29) is 5.91 Å². The van der Waals surface area contributed by atoms with Gasteiger partial charge in [-0.05, 0) is 63.5 Å². The largest absolute Gasteiger partial charge is 0.326 e. The molecule has 1 heterocycles. The normalized spacial score (nSPS) is 17.4. The Labute approximate surface area is 119 Å². The molecule has 0 unspecified atom stereocenters. The van der Waals surface area contributed by atoms with Crippen LogP contribution in [0.1, 0.15) is 24.8 Å². The van der Waals surface area contributed by atoms with Crippen LogP contribution < -0.4 is 5.32 Å². The van der Waals surface area contributed by atoms with Crippen molar-refractivity contribution in [3.8, 4) is 0 Å². The second-order valence-corrected chi connectivity index (χ2v) is 5.82. The lowest BCUT2D eigenvalue weighted by Crippen LogP contribution is -2.32. The minimum atomic E-state index is 0.0971. The number of anilines is 1. The number of amides is 1. The number of likely N-dealkylation sites (tertiary alicyclic amines) is 1. The first-order chi connectivity index (χ1) is 9.06. The van der Waals surface area contributed by atoms with Crippen molar-refractivity contribution >= 4 is 23.2 Å². The zero-order valence-electron chi connectivity index (χ0n) is 11.6. The molecule has 0 saturated carbocycles. The molecule has 0 radical (unpaired) electrons. The summed E-state index contributed by atoms with van der Waals surface area (Å²) in [6, 6.07) is 5.60. The molecule has 4 heteroatoms. The topological polar surface area (TPSA) is 32.3 Å². The van der Waals surface area contributed by atoms with Gasteiger partial charge in [-0.3, -0.25) is 4.79 Å². The summed E-state index contributed by atoms with van der Waals surface area (Å²) in [5.74, 6) is 0.607. The van der Waals surface area contributed by atoms with Crippen molar-refractivity contribution in [2.75, 3.05) is 25.5 Å². The summed E-state index contributed by atoms with van der Waals surface area (Å²) < 4.78 is 0. The molecule has 1 fully saturated rings. The number of piperidine rings is 1. The van der Waals surface area contributed by atoms with E-state index in [9.17, 15) is 4.79 Å². The monoisotopic (exact) mass is 280 g/mol. The molecule has 1 aromatic carbocycles. The summed E-state index contributed by atoms with van der Waals surface area (Å²) in [6.45, 7) is 4.11. The molecule has 1 aromatic rings. The smallest absolute Gasteiger partial charge is 0.224 e. The first-order valence-corrected chi connectivity index (χ1v) is 7.17. The fraction of sp³-hybridized carbons (Fsp3) is 0.533. The van der Waals surface area contributed by atoms with Crippen LogP contribution in [0.25, 0.3) is 0 Å². The lowest BCUT2D eigenvalue weighted by molar-refractivity contribution is -0.117. The molecule has 1 amide bonds. The molecule has 19 heavy (non-hydrogen) atoms. The SMILES string of the molecule is Cc1c(Cl)cccc1NC(=O)CC1CCN(C)CC1. The van der Waals surface area contributed by atoms with E-state index in [4.69, 9.17) is 11.6 Å².